The molecule has 3 heterocycles. The van der Waals surface area contributed by atoms with Crippen molar-refractivity contribution in [1.82, 2.24) is 24.1 Å². The zero-order valence-corrected chi connectivity index (χ0v) is 17.7. The second kappa shape index (κ2) is 7.20. The van der Waals surface area contributed by atoms with Crippen LogP contribution in [0, 0.1) is 0 Å². The number of para-hydroxylation sites is 4. The van der Waals surface area contributed by atoms with Crippen molar-refractivity contribution in [2.45, 2.75) is 13.0 Å². The number of nitrogens with two attached hydrogens (primary N) is 1. The summed E-state index contributed by atoms with van der Waals surface area (Å²) in [6.45, 7) is 0.712. The predicted octanol–water partition coefficient (Wildman–Crippen LogP) is 4.96. The van der Waals surface area contributed by atoms with Crippen LogP contribution in [0.15, 0.2) is 78.9 Å². The molecule has 0 unspecified atom stereocenters. The molecule has 0 radical (unpaired) electrons. The van der Waals surface area contributed by atoms with E-state index in [9.17, 15) is 0 Å². The van der Waals surface area contributed by atoms with Crippen LogP contribution >= 0.6 is 0 Å². The van der Waals surface area contributed by atoms with Gasteiger partial charge in [-0.2, -0.15) is 0 Å². The molecule has 6 aromatic rings. The number of nitrogens with zero attached hydrogens (tertiary/aromatic N) is 5. The smallest absolute Gasteiger partial charge is 0.161 e. The van der Waals surface area contributed by atoms with Crippen LogP contribution in [-0.4, -0.2) is 24.1 Å². The quantitative estimate of drug-likeness (QED) is 0.439. The van der Waals surface area contributed by atoms with Gasteiger partial charge in [-0.25, -0.2) is 15.0 Å². The van der Waals surface area contributed by atoms with E-state index in [1.807, 2.05) is 55.6 Å². The fourth-order valence-electron chi connectivity index (χ4n) is 4.42. The maximum Gasteiger partial charge on any atom is 0.161 e. The van der Waals surface area contributed by atoms with E-state index in [0.29, 0.717) is 12.4 Å². The molecule has 0 bridgehead atoms. The fourth-order valence-corrected chi connectivity index (χ4v) is 4.42. The van der Waals surface area contributed by atoms with Crippen molar-refractivity contribution in [2.75, 3.05) is 5.73 Å². The van der Waals surface area contributed by atoms with E-state index in [4.69, 9.17) is 20.7 Å². The topological polar surface area (TPSA) is 74.5 Å². The normalized spacial score (nSPS) is 11.7. The van der Waals surface area contributed by atoms with E-state index in [0.717, 1.165) is 51.0 Å². The lowest BCUT2D eigenvalue weighted by molar-refractivity contribution is 0.725. The Balaban J connectivity index is 1.61. The second-order valence-corrected chi connectivity index (χ2v) is 8.02. The molecule has 0 atom stereocenters. The molecule has 2 N–H and O–H groups in total. The van der Waals surface area contributed by atoms with Crippen LogP contribution in [0.25, 0.3) is 44.6 Å². The van der Waals surface area contributed by atoms with Crippen LogP contribution in [0.3, 0.4) is 0 Å². The molecular weight excluding hydrogens is 396 g/mol. The molecule has 6 heteroatoms. The van der Waals surface area contributed by atoms with Crippen molar-refractivity contribution < 1.29 is 0 Å². The summed E-state index contributed by atoms with van der Waals surface area (Å²) >= 11 is 0. The number of aromatic nitrogens is 5. The van der Waals surface area contributed by atoms with Gasteiger partial charge in [0.05, 0.1) is 27.6 Å². The second-order valence-electron chi connectivity index (χ2n) is 8.02. The first-order valence-electron chi connectivity index (χ1n) is 10.7. The van der Waals surface area contributed by atoms with Gasteiger partial charge in [-0.05, 0) is 36.2 Å². The largest absolute Gasteiger partial charge is 0.384 e. The summed E-state index contributed by atoms with van der Waals surface area (Å²) in [5, 5.41) is 0. The summed E-state index contributed by atoms with van der Waals surface area (Å²) in [5.74, 6) is 1.45. The summed E-state index contributed by atoms with van der Waals surface area (Å²) in [6, 6.07) is 26.5. The molecule has 156 valence electrons. The lowest BCUT2D eigenvalue weighted by Gasteiger charge is -2.08. The number of benzene rings is 3. The maximum atomic E-state index is 6.80. The van der Waals surface area contributed by atoms with Crippen molar-refractivity contribution in [1.29, 1.82) is 0 Å². The first-order chi connectivity index (χ1) is 15.7. The van der Waals surface area contributed by atoms with E-state index in [-0.39, 0.29) is 0 Å². The van der Waals surface area contributed by atoms with Gasteiger partial charge in [-0.1, -0.05) is 54.6 Å². The third-order valence-corrected chi connectivity index (χ3v) is 6.07. The highest BCUT2D eigenvalue weighted by atomic mass is 15.1. The predicted molar refractivity (Wildman–Crippen MR) is 129 cm³/mol. The zero-order chi connectivity index (χ0) is 21.7. The summed E-state index contributed by atoms with van der Waals surface area (Å²) in [5.41, 5.74) is 14.2. The van der Waals surface area contributed by atoms with Gasteiger partial charge in [0.2, 0.25) is 0 Å². The summed E-state index contributed by atoms with van der Waals surface area (Å²) in [6.07, 6.45) is 0.852. The molecule has 0 fully saturated rings. The number of rotatable bonds is 4. The van der Waals surface area contributed by atoms with Crippen molar-refractivity contribution in [2.24, 2.45) is 7.05 Å². The third kappa shape index (κ3) is 2.84. The molecule has 0 aliphatic rings. The average molecular weight is 419 g/mol. The van der Waals surface area contributed by atoms with Crippen molar-refractivity contribution in [3.8, 4) is 11.4 Å². The van der Waals surface area contributed by atoms with Gasteiger partial charge in [0.25, 0.3) is 0 Å². The number of fused-ring (bicyclic) bond motifs is 3. The molecule has 0 amide bonds. The SMILES string of the molecule is Cn1c(-c2c(N)n(CCc3ccccc3)c3nc4ccccc4nc23)nc2ccccc21. The number of nitrogen functional groups attached to an aromatic ring is 1. The Kier molecular flexibility index (Phi) is 4.18. The zero-order valence-electron chi connectivity index (χ0n) is 17.7. The van der Waals surface area contributed by atoms with Gasteiger partial charge >= 0.3 is 0 Å². The van der Waals surface area contributed by atoms with E-state index < -0.39 is 0 Å². The summed E-state index contributed by atoms with van der Waals surface area (Å²) in [4.78, 5) is 14.9. The minimum absolute atomic E-state index is 0.643. The molecule has 3 aromatic heterocycles. The van der Waals surface area contributed by atoms with Gasteiger partial charge in [0.1, 0.15) is 17.2 Å². The summed E-state index contributed by atoms with van der Waals surface area (Å²) < 4.78 is 4.16. The molecule has 0 aliphatic carbocycles. The first-order valence-corrected chi connectivity index (χ1v) is 10.7. The monoisotopic (exact) mass is 418 g/mol. The highest BCUT2D eigenvalue weighted by Crippen LogP contribution is 2.36. The minimum Gasteiger partial charge on any atom is -0.384 e. The van der Waals surface area contributed by atoms with E-state index in [2.05, 4.69) is 39.5 Å². The Hall–Kier alpha value is -4.19. The summed E-state index contributed by atoms with van der Waals surface area (Å²) in [7, 11) is 2.02. The molecule has 0 saturated carbocycles. The Morgan fingerprint density at radius 2 is 1.41 bits per heavy atom. The molecule has 32 heavy (non-hydrogen) atoms. The molecule has 0 spiro atoms. The van der Waals surface area contributed by atoms with Crippen LogP contribution in [0.2, 0.25) is 0 Å². The van der Waals surface area contributed by atoms with Crippen LogP contribution in [0.4, 0.5) is 5.82 Å². The number of hydrogen-bond acceptors (Lipinski definition) is 4. The lowest BCUT2D eigenvalue weighted by atomic mass is 10.1. The van der Waals surface area contributed by atoms with E-state index >= 15 is 0 Å². The van der Waals surface area contributed by atoms with Gasteiger partial charge in [-0.3, -0.25) is 0 Å². The fraction of sp³-hybridized carbons (Fsp3) is 0.115. The number of anilines is 1. The van der Waals surface area contributed by atoms with Crippen molar-refractivity contribution in [3.63, 3.8) is 0 Å². The molecule has 0 aliphatic heterocycles. The molecule has 6 rings (SSSR count). The van der Waals surface area contributed by atoms with Crippen LogP contribution < -0.4 is 5.73 Å². The molecule has 6 nitrogen and oxygen atoms in total. The van der Waals surface area contributed by atoms with Gasteiger partial charge in [0.15, 0.2) is 5.65 Å². The van der Waals surface area contributed by atoms with Crippen molar-refractivity contribution >= 4 is 39.0 Å². The standard InChI is InChI=1S/C26H22N6/c1-31-21-14-8-7-13-20(21)30-25(31)22-23-26(29-19-12-6-5-11-18(19)28-23)32(24(22)27)16-15-17-9-3-2-4-10-17/h2-14H,15-16,27H2,1H3. The van der Waals surface area contributed by atoms with Crippen molar-refractivity contribution in [3.05, 3.63) is 84.4 Å². The first kappa shape index (κ1) is 18.6. The highest BCUT2D eigenvalue weighted by Gasteiger charge is 2.23. The van der Waals surface area contributed by atoms with Crippen LogP contribution in [-0.2, 0) is 20.0 Å². The number of imidazole rings is 1. The number of aryl methyl sites for hydroxylation is 3. The number of hydrogen-bond donors (Lipinski definition) is 1. The Bertz CT molecular complexity index is 1590. The maximum absolute atomic E-state index is 6.80. The lowest BCUT2D eigenvalue weighted by Crippen LogP contribution is -2.07. The van der Waals surface area contributed by atoms with E-state index in [1.54, 1.807) is 0 Å². The average Bonchev–Trinajstić information content (AvgIpc) is 3.29. The Morgan fingerprint density at radius 3 is 2.16 bits per heavy atom. The minimum atomic E-state index is 0.643. The third-order valence-electron chi connectivity index (χ3n) is 6.07. The Labute approximate surface area is 185 Å². The van der Waals surface area contributed by atoms with Gasteiger partial charge < -0.3 is 14.9 Å². The molecule has 0 saturated heterocycles. The van der Waals surface area contributed by atoms with Crippen LogP contribution in [0.5, 0.6) is 0 Å². The Morgan fingerprint density at radius 1 is 0.750 bits per heavy atom. The molecule has 3 aromatic carbocycles. The van der Waals surface area contributed by atoms with Gasteiger partial charge in [-0.15, -0.1) is 0 Å². The molecular formula is C26H22N6. The van der Waals surface area contributed by atoms with E-state index in [1.165, 1.54) is 5.56 Å². The van der Waals surface area contributed by atoms with Crippen LogP contribution in [0.1, 0.15) is 5.56 Å². The van der Waals surface area contributed by atoms with Gasteiger partial charge in [0, 0.05) is 13.6 Å². The highest BCUT2D eigenvalue weighted by molar-refractivity contribution is 6.01.